The van der Waals surface area contributed by atoms with E-state index in [0.29, 0.717) is 0 Å². The quantitative estimate of drug-likeness (QED) is 0.891. The number of ether oxygens (including phenoxy) is 1. The van der Waals surface area contributed by atoms with Crippen LogP contribution in [-0.4, -0.2) is 34.4 Å². The molecule has 0 aliphatic rings. The van der Waals surface area contributed by atoms with Crippen LogP contribution < -0.4 is 10.1 Å². The van der Waals surface area contributed by atoms with Gasteiger partial charge in [0.1, 0.15) is 5.75 Å². The first-order valence-electron chi connectivity index (χ1n) is 6.11. The molecule has 4 nitrogen and oxygen atoms in total. The molecule has 1 heterocycles. The van der Waals surface area contributed by atoms with Crippen LogP contribution in [0.25, 0.3) is 10.2 Å². The zero-order chi connectivity index (χ0) is 13.8. The van der Waals surface area contributed by atoms with Crippen molar-refractivity contribution in [3.8, 4) is 5.75 Å². The minimum absolute atomic E-state index is 0.210. The number of methoxy groups -OCH3 is 1. The van der Waals surface area contributed by atoms with Gasteiger partial charge < -0.3 is 10.1 Å². The number of benzene rings is 1. The molecule has 2 rings (SSSR count). The fourth-order valence-corrected chi connectivity index (χ4v) is 3.03. The first-order valence-corrected chi connectivity index (χ1v) is 8.54. The average molecular weight is 298 g/mol. The number of nitrogens with one attached hydrogen (secondary N) is 1. The van der Waals surface area contributed by atoms with E-state index in [9.17, 15) is 4.21 Å². The van der Waals surface area contributed by atoms with Crippen LogP contribution in [0.1, 0.15) is 13.3 Å². The van der Waals surface area contributed by atoms with Crippen molar-refractivity contribution in [2.24, 2.45) is 0 Å². The molecule has 2 atom stereocenters. The predicted molar refractivity (Wildman–Crippen MR) is 82.8 cm³/mol. The molecule has 1 aromatic carbocycles. The summed E-state index contributed by atoms with van der Waals surface area (Å²) in [6.07, 6.45) is 2.62. The van der Waals surface area contributed by atoms with E-state index in [1.807, 2.05) is 25.1 Å². The Hall–Kier alpha value is -1.14. The van der Waals surface area contributed by atoms with Crippen molar-refractivity contribution in [3.63, 3.8) is 0 Å². The highest BCUT2D eigenvalue weighted by Crippen LogP contribution is 2.29. The molecule has 19 heavy (non-hydrogen) atoms. The summed E-state index contributed by atoms with van der Waals surface area (Å²) in [5, 5.41) is 4.40. The Morgan fingerprint density at radius 1 is 1.53 bits per heavy atom. The second-order valence-electron chi connectivity index (χ2n) is 4.38. The van der Waals surface area contributed by atoms with Gasteiger partial charge in [-0.1, -0.05) is 18.3 Å². The van der Waals surface area contributed by atoms with Crippen molar-refractivity contribution in [1.29, 1.82) is 0 Å². The zero-order valence-electron chi connectivity index (χ0n) is 11.3. The Balaban J connectivity index is 1.99. The number of fused-ring (bicyclic) bond motifs is 1. The molecule has 0 aliphatic heterocycles. The minimum Gasteiger partial charge on any atom is -0.497 e. The van der Waals surface area contributed by atoms with Gasteiger partial charge in [-0.3, -0.25) is 4.21 Å². The van der Waals surface area contributed by atoms with Crippen LogP contribution in [0.15, 0.2) is 18.2 Å². The number of thiazole rings is 1. The first-order chi connectivity index (χ1) is 9.10. The smallest absolute Gasteiger partial charge is 0.183 e. The molecule has 1 N–H and O–H groups in total. The molecule has 0 saturated carbocycles. The standard InChI is InChI=1S/C13H18N2O2S2/c1-9(19(3)16)6-7-14-13-15-11-5-4-10(17-2)8-12(11)18-13/h4-5,8-9H,6-7H2,1-3H3,(H,14,15). The molecular weight excluding hydrogens is 280 g/mol. The topological polar surface area (TPSA) is 51.2 Å². The van der Waals surface area contributed by atoms with Gasteiger partial charge in [-0.15, -0.1) is 0 Å². The van der Waals surface area contributed by atoms with Gasteiger partial charge in [0.15, 0.2) is 5.13 Å². The first kappa shape index (κ1) is 14.3. The highest BCUT2D eigenvalue weighted by molar-refractivity contribution is 7.84. The van der Waals surface area contributed by atoms with E-state index in [2.05, 4.69) is 10.3 Å². The SMILES string of the molecule is COc1ccc2nc(NCCC(C)S(C)=O)sc2c1. The fourth-order valence-electron chi connectivity index (χ4n) is 1.66. The number of hydrogen-bond acceptors (Lipinski definition) is 5. The normalized spacial score (nSPS) is 14.3. The molecule has 2 unspecified atom stereocenters. The summed E-state index contributed by atoms with van der Waals surface area (Å²) in [5.74, 6) is 0.845. The van der Waals surface area contributed by atoms with Crippen molar-refractivity contribution in [3.05, 3.63) is 18.2 Å². The van der Waals surface area contributed by atoms with Gasteiger partial charge in [0, 0.05) is 28.9 Å². The number of hydrogen-bond donors (Lipinski definition) is 1. The Bertz CT molecular complexity index is 583. The second-order valence-corrected chi connectivity index (χ2v) is 7.21. The summed E-state index contributed by atoms with van der Waals surface area (Å²) >= 11 is 1.61. The molecule has 0 fully saturated rings. The van der Waals surface area contributed by atoms with Crippen LogP contribution >= 0.6 is 11.3 Å². The molecular formula is C13H18N2O2S2. The maximum atomic E-state index is 11.3. The van der Waals surface area contributed by atoms with E-state index in [1.54, 1.807) is 24.7 Å². The summed E-state index contributed by atoms with van der Waals surface area (Å²) in [7, 11) is 0.899. The third kappa shape index (κ3) is 3.67. The highest BCUT2D eigenvalue weighted by Gasteiger charge is 2.07. The lowest BCUT2D eigenvalue weighted by atomic mass is 10.3. The van der Waals surface area contributed by atoms with Crippen LogP contribution in [0, 0.1) is 0 Å². The maximum Gasteiger partial charge on any atom is 0.183 e. The van der Waals surface area contributed by atoms with E-state index in [0.717, 1.165) is 34.1 Å². The highest BCUT2D eigenvalue weighted by atomic mass is 32.2. The van der Waals surface area contributed by atoms with Crippen LogP contribution in [-0.2, 0) is 10.8 Å². The number of aromatic nitrogens is 1. The van der Waals surface area contributed by atoms with Gasteiger partial charge in [0.25, 0.3) is 0 Å². The van der Waals surface area contributed by atoms with E-state index in [1.165, 1.54) is 0 Å². The molecule has 0 aliphatic carbocycles. The van der Waals surface area contributed by atoms with Crippen molar-refractivity contribution in [1.82, 2.24) is 4.98 Å². The lowest BCUT2D eigenvalue weighted by Crippen LogP contribution is -2.14. The van der Waals surface area contributed by atoms with E-state index >= 15 is 0 Å². The lowest BCUT2D eigenvalue weighted by Gasteiger charge is -2.07. The molecule has 104 valence electrons. The van der Waals surface area contributed by atoms with Crippen molar-refractivity contribution >= 4 is 37.5 Å². The maximum absolute atomic E-state index is 11.3. The molecule has 0 bridgehead atoms. The number of anilines is 1. The Morgan fingerprint density at radius 3 is 3.00 bits per heavy atom. The van der Waals surface area contributed by atoms with Crippen LogP contribution in [0.2, 0.25) is 0 Å². The summed E-state index contributed by atoms with van der Waals surface area (Å²) in [6.45, 7) is 2.79. The van der Waals surface area contributed by atoms with Gasteiger partial charge in [0.05, 0.1) is 17.3 Å². The largest absolute Gasteiger partial charge is 0.497 e. The van der Waals surface area contributed by atoms with Crippen LogP contribution in [0.5, 0.6) is 5.75 Å². The van der Waals surface area contributed by atoms with Gasteiger partial charge >= 0.3 is 0 Å². The number of rotatable bonds is 6. The molecule has 1 aromatic heterocycles. The van der Waals surface area contributed by atoms with E-state index in [-0.39, 0.29) is 5.25 Å². The van der Waals surface area contributed by atoms with Crippen LogP contribution in [0.4, 0.5) is 5.13 Å². The second kappa shape index (κ2) is 6.34. The third-order valence-corrected chi connectivity index (χ3v) is 5.33. The van der Waals surface area contributed by atoms with Gasteiger partial charge in [-0.05, 0) is 24.6 Å². The van der Waals surface area contributed by atoms with Crippen LogP contribution in [0.3, 0.4) is 0 Å². The summed E-state index contributed by atoms with van der Waals surface area (Å²) in [4.78, 5) is 4.51. The molecule has 6 heteroatoms. The number of nitrogens with zero attached hydrogens (tertiary/aromatic N) is 1. The summed E-state index contributed by atoms with van der Waals surface area (Å²) in [6, 6.07) is 5.86. The fraction of sp³-hybridized carbons (Fsp3) is 0.462. The Kier molecular flexibility index (Phi) is 4.76. The van der Waals surface area contributed by atoms with Crippen molar-refractivity contribution in [2.75, 3.05) is 25.2 Å². The predicted octanol–water partition coefficient (Wildman–Crippen LogP) is 2.87. The Morgan fingerprint density at radius 2 is 2.32 bits per heavy atom. The molecule has 2 aromatic rings. The third-order valence-electron chi connectivity index (χ3n) is 2.99. The molecule has 0 radical (unpaired) electrons. The average Bonchev–Trinajstić information content (AvgIpc) is 2.79. The van der Waals surface area contributed by atoms with E-state index in [4.69, 9.17) is 4.74 Å². The molecule has 0 amide bonds. The van der Waals surface area contributed by atoms with Crippen molar-refractivity contribution in [2.45, 2.75) is 18.6 Å². The van der Waals surface area contributed by atoms with Gasteiger partial charge in [-0.25, -0.2) is 4.98 Å². The van der Waals surface area contributed by atoms with Crippen molar-refractivity contribution < 1.29 is 8.95 Å². The minimum atomic E-state index is -0.761. The van der Waals surface area contributed by atoms with Gasteiger partial charge in [-0.2, -0.15) is 0 Å². The summed E-state index contributed by atoms with van der Waals surface area (Å²) < 4.78 is 17.6. The van der Waals surface area contributed by atoms with E-state index < -0.39 is 10.8 Å². The lowest BCUT2D eigenvalue weighted by molar-refractivity contribution is 0.415. The van der Waals surface area contributed by atoms with Gasteiger partial charge in [0.2, 0.25) is 0 Å². The Labute approximate surface area is 119 Å². The molecule has 0 spiro atoms. The monoisotopic (exact) mass is 298 g/mol. The zero-order valence-corrected chi connectivity index (χ0v) is 12.9. The summed E-state index contributed by atoms with van der Waals surface area (Å²) in [5.41, 5.74) is 0.973. The molecule has 0 saturated heterocycles.